The summed E-state index contributed by atoms with van der Waals surface area (Å²) in [6, 6.07) is 6.92. The van der Waals surface area contributed by atoms with Gasteiger partial charge in [-0.1, -0.05) is 11.3 Å². The fourth-order valence-corrected chi connectivity index (χ4v) is 3.53. The lowest BCUT2D eigenvalue weighted by atomic mass is 10.1. The van der Waals surface area contributed by atoms with Crippen LogP contribution in [0.1, 0.15) is 29.8 Å². The molecule has 2 unspecified atom stereocenters. The van der Waals surface area contributed by atoms with Crippen molar-refractivity contribution in [3.05, 3.63) is 46.3 Å². The van der Waals surface area contributed by atoms with Crippen molar-refractivity contribution in [1.82, 2.24) is 25.2 Å². The van der Waals surface area contributed by atoms with Gasteiger partial charge in [0.1, 0.15) is 0 Å². The van der Waals surface area contributed by atoms with Crippen LogP contribution in [-0.4, -0.2) is 55.9 Å². The summed E-state index contributed by atoms with van der Waals surface area (Å²) in [5, 5.41) is 22.4. The molecule has 2 fully saturated rings. The molecule has 2 aliphatic heterocycles. The average Bonchev–Trinajstić information content (AvgIpc) is 3.21. The number of benzene rings is 1. The van der Waals surface area contributed by atoms with Crippen LogP contribution < -0.4 is 5.32 Å². The zero-order chi connectivity index (χ0) is 17.4. The van der Waals surface area contributed by atoms with Gasteiger partial charge in [0.15, 0.2) is 5.69 Å². The van der Waals surface area contributed by atoms with Gasteiger partial charge in [0, 0.05) is 37.3 Å². The van der Waals surface area contributed by atoms with Crippen molar-refractivity contribution in [1.29, 1.82) is 0 Å². The number of rotatable bonds is 3. The number of nitrogens with one attached hydrogen (secondary N) is 1. The van der Waals surface area contributed by atoms with Gasteiger partial charge in [-0.25, -0.2) is 4.68 Å². The van der Waals surface area contributed by atoms with Crippen LogP contribution in [0.3, 0.4) is 0 Å². The van der Waals surface area contributed by atoms with Crippen LogP contribution >= 0.6 is 0 Å². The molecule has 3 heterocycles. The van der Waals surface area contributed by atoms with Crippen LogP contribution in [0.5, 0.6) is 0 Å². The Morgan fingerprint density at radius 3 is 2.96 bits per heavy atom. The standard InChI is InChI=1S/C16H18N6O3/c23-16(20-7-6-11-4-5-12(9-20)17-11)15-10-21(19-18-15)13-2-1-3-14(8-13)22(24)25/h1-3,8,10-12,17H,4-7,9H2. The van der Waals surface area contributed by atoms with Crippen molar-refractivity contribution in [2.45, 2.75) is 31.3 Å². The Kier molecular flexibility index (Phi) is 3.92. The molecule has 1 aromatic heterocycles. The third kappa shape index (κ3) is 3.10. The van der Waals surface area contributed by atoms with Crippen molar-refractivity contribution in [3.8, 4) is 5.69 Å². The number of hydrogen-bond donors (Lipinski definition) is 1. The number of fused-ring (bicyclic) bond motifs is 2. The predicted octanol–water partition coefficient (Wildman–Crippen LogP) is 1.14. The lowest BCUT2D eigenvalue weighted by molar-refractivity contribution is -0.384. The second kappa shape index (κ2) is 6.25. The Morgan fingerprint density at radius 2 is 2.12 bits per heavy atom. The number of nitro benzene ring substituents is 1. The summed E-state index contributed by atoms with van der Waals surface area (Å²) in [5.74, 6) is -0.147. The van der Waals surface area contributed by atoms with E-state index in [1.165, 1.54) is 29.4 Å². The van der Waals surface area contributed by atoms with E-state index in [-0.39, 0.29) is 17.3 Å². The van der Waals surface area contributed by atoms with E-state index >= 15 is 0 Å². The highest BCUT2D eigenvalue weighted by atomic mass is 16.6. The molecule has 0 aliphatic carbocycles. The Morgan fingerprint density at radius 1 is 1.28 bits per heavy atom. The van der Waals surface area contributed by atoms with Crippen LogP contribution in [-0.2, 0) is 0 Å². The number of likely N-dealkylation sites (tertiary alicyclic amines) is 1. The molecule has 1 amide bonds. The smallest absolute Gasteiger partial charge is 0.276 e. The molecule has 2 aliphatic rings. The molecule has 25 heavy (non-hydrogen) atoms. The molecule has 9 nitrogen and oxygen atoms in total. The van der Waals surface area contributed by atoms with Crippen molar-refractivity contribution >= 4 is 11.6 Å². The van der Waals surface area contributed by atoms with Gasteiger partial charge in [-0.05, 0) is 25.3 Å². The van der Waals surface area contributed by atoms with Crippen LogP contribution in [0, 0.1) is 10.1 Å². The Balaban J connectivity index is 1.53. The number of hydrogen-bond acceptors (Lipinski definition) is 6. The maximum Gasteiger partial charge on any atom is 0.276 e. The maximum absolute atomic E-state index is 12.7. The fraction of sp³-hybridized carbons (Fsp3) is 0.438. The van der Waals surface area contributed by atoms with E-state index in [2.05, 4.69) is 15.6 Å². The second-order valence-electron chi connectivity index (χ2n) is 6.50. The summed E-state index contributed by atoms with van der Waals surface area (Å²) in [6.45, 7) is 1.38. The number of carbonyl (C=O) groups excluding carboxylic acids is 1. The van der Waals surface area contributed by atoms with Gasteiger partial charge in [-0.3, -0.25) is 14.9 Å². The van der Waals surface area contributed by atoms with Gasteiger partial charge in [0.25, 0.3) is 11.6 Å². The van der Waals surface area contributed by atoms with E-state index in [9.17, 15) is 14.9 Å². The van der Waals surface area contributed by atoms with Gasteiger partial charge in [-0.15, -0.1) is 5.10 Å². The number of non-ortho nitro benzene ring substituents is 1. The second-order valence-corrected chi connectivity index (χ2v) is 6.50. The Labute approximate surface area is 143 Å². The monoisotopic (exact) mass is 342 g/mol. The first-order valence-corrected chi connectivity index (χ1v) is 8.32. The van der Waals surface area contributed by atoms with E-state index in [0.29, 0.717) is 30.9 Å². The SMILES string of the molecule is O=C(c1cn(-c2cccc([N+](=O)[O-])c2)nn1)N1CCC2CCC(C1)N2. The third-order valence-electron chi connectivity index (χ3n) is 4.83. The summed E-state index contributed by atoms with van der Waals surface area (Å²) in [4.78, 5) is 25.0. The van der Waals surface area contributed by atoms with E-state index in [0.717, 1.165) is 12.8 Å². The van der Waals surface area contributed by atoms with Crippen LogP contribution in [0.2, 0.25) is 0 Å². The fourth-order valence-electron chi connectivity index (χ4n) is 3.53. The minimum Gasteiger partial charge on any atom is -0.336 e. The topological polar surface area (TPSA) is 106 Å². The first kappa shape index (κ1) is 15.7. The molecule has 1 N–H and O–H groups in total. The lowest BCUT2D eigenvalue weighted by Crippen LogP contribution is -2.39. The Bertz CT molecular complexity index is 820. The molecule has 2 aromatic rings. The molecule has 4 rings (SSSR count). The first-order valence-electron chi connectivity index (χ1n) is 8.32. The lowest BCUT2D eigenvalue weighted by Gasteiger charge is -2.23. The molecular weight excluding hydrogens is 324 g/mol. The first-order chi connectivity index (χ1) is 12.1. The van der Waals surface area contributed by atoms with Gasteiger partial charge in [-0.2, -0.15) is 0 Å². The number of carbonyl (C=O) groups is 1. The quantitative estimate of drug-likeness (QED) is 0.662. The van der Waals surface area contributed by atoms with E-state index < -0.39 is 4.92 Å². The Hall–Kier alpha value is -2.81. The number of amides is 1. The van der Waals surface area contributed by atoms with Gasteiger partial charge >= 0.3 is 0 Å². The highest BCUT2D eigenvalue weighted by Crippen LogP contribution is 2.21. The summed E-state index contributed by atoms with van der Waals surface area (Å²) in [7, 11) is 0. The van der Waals surface area contributed by atoms with E-state index in [1.807, 2.05) is 4.90 Å². The molecule has 2 atom stereocenters. The molecular formula is C16H18N6O3. The molecule has 0 spiro atoms. The summed E-state index contributed by atoms with van der Waals surface area (Å²) < 4.78 is 1.39. The van der Waals surface area contributed by atoms with Crippen molar-refractivity contribution in [2.75, 3.05) is 13.1 Å². The highest BCUT2D eigenvalue weighted by molar-refractivity contribution is 5.92. The summed E-state index contributed by atoms with van der Waals surface area (Å²) in [6.07, 6.45) is 4.74. The maximum atomic E-state index is 12.7. The molecule has 0 saturated carbocycles. The summed E-state index contributed by atoms with van der Waals surface area (Å²) in [5.41, 5.74) is 0.720. The van der Waals surface area contributed by atoms with Crippen molar-refractivity contribution in [3.63, 3.8) is 0 Å². The zero-order valence-electron chi connectivity index (χ0n) is 13.5. The van der Waals surface area contributed by atoms with Crippen LogP contribution in [0.15, 0.2) is 30.5 Å². The number of aromatic nitrogens is 3. The van der Waals surface area contributed by atoms with E-state index in [4.69, 9.17) is 0 Å². The number of nitro groups is 1. The van der Waals surface area contributed by atoms with Gasteiger partial charge in [0.2, 0.25) is 0 Å². The zero-order valence-corrected chi connectivity index (χ0v) is 13.5. The van der Waals surface area contributed by atoms with Crippen LogP contribution in [0.4, 0.5) is 5.69 Å². The molecule has 0 radical (unpaired) electrons. The molecule has 9 heteroatoms. The van der Waals surface area contributed by atoms with E-state index in [1.54, 1.807) is 12.1 Å². The van der Waals surface area contributed by atoms with Crippen molar-refractivity contribution in [2.24, 2.45) is 0 Å². The predicted molar refractivity (Wildman–Crippen MR) is 88.5 cm³/mol. The van der Waals surface area contributed by atoms with Crippen LogP contribution in [0.25, 0.3) is 5.69 Å². The molecule has 130 valence electrons. The third-order valence-corrected chi connectivity index (χ3v) is 4.83. The molecule has 1 aromatic carbocycles. The van der Waals surface area contributed by atoms with Gasteiger partial charge in [0.05, 0.1) is 16.8 Å². The molecule has 2 saturated heterocycles. The van der Waals surface area contributed by atoms with Crippen molar-refractivity contribution < 1.29 is 9.72 Å². The normalized spacial score (nSPS) is 22.6. The average molecular weight is 342 g/mol. The largest absolute Gasteiger partial charge is 0.336 e. The summed E-state index contributed by atoms with van der Waals surface area (Å²) >= 11 is 0. The van der Waals surface area contributed by atoms with Gasteiger partial charge < -0.3 is 10.2 Å². The highest BCUT2D eigenvalue weighted by Gasteiger charge is 2.32. The minimum atomic E-state index is -0.467. The number of nitrogens with zero attached hydrogens (tertiary/aromatic N) is 5. The minimum absolute atomic E-state index is 0.0319. The molecule has 2 bridgehead atoms.